The van der Waals surface area contributed by atoms with E-state index in [0.29, 0.717) is 0 Å². The minimum atomic E-state index is -2.21. The number of aliphatic hydroxyl groups is 5. The highest BCUT2D eigenvalue weighted by Crippen LogP contribution is 2.63. The summed E-state index contributed by atoms with van der Waals surface area (Å²) in [5.74, 6) is -5.50. The molecule has 1 saturated heterocycles. The molecule has 11 atom stereocenters. The third-order valence-electron chi connectivity index (χ3n) is 11.3. The number of carbonyl (C=O) groups excluding carboxylic acids is 4. The van der Waals surface area contributed by atoms with Crippen LogP contribution in [0.4, 0.5) is 0 Å². The minimum absolute atomic E-state index is 0.0157. The number of hydrogen-bond acceptors (Lipinski definition) is 13. The van der Waals surface area contributed by atoms with Gasteiger partial charge in [-0.25, -0.2) is 4.79 Å². The van der Waals surface area contributed by atoms with Crippen molar-refractivity contribution in [1.29, 1.82) is 0 Å². The molecule has 47 heavy (non-hydrogen) atoms. The number of hydrogen-bond donors (Lipinski definition) is 6. The Balaban J connectivity index is 1.58. The van der Waals surface area contributed by atoms with Crippen molar-refractivity contribution < 1.29 is 63.3 Å². The van der Waals surface area contributed by atoms with Gasteiger partial charge in [0.1, 0.15) is 29.5 Å². The van der Waals surface area contributed by atoms with Crippen LogP contribution in [0.25, 0.3) is 0 Å². The zero-order chi connectivity index (χ0) is 35.0. The van der Waals surface area contributed by atoms with Gasteiger partial charge in [0.25, 0.3) is 5.91 Å². The number of ether oxygens (including phenoxy) is 3. The molecule has 1 aromatic heterocycles. The fourth-order valence-electron chi connectivity index (χ4n) is 8.39. The lowest BCUT2D eigenvalue weighted by Crippen LogP contribution is -2.81. The van der Waals surface area contributed by atoms with E-state index in [4.69, 9.17) is 18.6 Å². The molecule has 1 aromatic rings. The molecule has 14 nitrogen and oxygen atoms in total. The largest absolute Gasteiger partial charge is 0.459 e. The van der Waals surface area contributed by atoms with Gasteiger partial charge in [0.15, 0.2) is 17.6 Å². The molecule has 6 N–H and O–H groups in total. The van der Waals surface area contributed by atoms with Gasteiger partial charge >= 0.3 is 11.9 Å². The maximum absolute atomic E-state index is 14.3. The topological polar surface area (TPSA) is 222 Å². The number of Topliss-reactive ketones (excluding diaryl/α,β-unsaturated/α-hetero) is 1. The molecule has 0 spiro atoms. The minimum Gasteiger partial charge on any atom is -0.459 e. The Morgan fingerprint density at radius 3 is 2.30 bits per heavy atom. The second-order valence-electron chi connectivity index (χ2n) is 14.5. The van der Waals surface area contributed by atoms with Crippen LogP contribution in [-0.2, 0) is 28.6 Å². The van der Waals surface area contributed by atoms with Gasteiger partial charge in [-0.3, -0.25) is 14.4 Å². The molecule has 0 unspecified atom stereocenters. The van der Waals surface area contributed by atoms with Gasteiger partial charge in [-0.05, 0) is 43.0 Å². The predicted molar refractivity (Wildman–Crippen MR) is 160 cm³/mol. The fourth-order valence-corrected chi connectivity index (χ4v) is 8.39. The first-order valence-electron chi connectivity index (χ1n) is 15.8. The lowest BCUT2D eigenvalue weighted by molar-refractivity contribution is -0.345. The first-order valence-corrected chi connectivity index (χ1v) is 15.8. The van der Waals surface area contributed by atoms with Crippen molar-refractivity contribution in [1.82, 2.24) is 5.32 Å². The molecule has 2 bridgehead atoms. The smallest absolute Gasteiger partial charge is 0.337 e. The molecule has 1 aliphatic heterocycles. The molecule has 4 aliphatic rings. The van der Waals surface area contributed by atoms with E-state index >= 15 is 0 Å². The molecule has 1 amide bonds. The van der Waals surface area contributed by atoms with E-state index in [0.717, 1.165) is 6.92 Å². The van der Waals surface area contributed by atoms with E-state index in [-0.39, 0.29) is 29.9 Å². The second-order valence-corrected chi connectivity index (χ2v) is 14.5. The van der Waals surface area contributed by atoms with Gasteiger partial charge in [0.05, 0.1) is 36.5 Å². The summed E-state index contributed by atoms with van der Waals surface area (Å²) >= 11 is 0. The zero-order valence-corrected chi connectivity index (χ0v) is 27.6. The summed E-state index contributed by atoms with van der Waals surface area (Å²) in [4.78, 5) is 53.2. The summed E-state index contributed by atoms with van der Waals surface area (Å²) < 4.78 is 22.2. The number of amides is 1. The Morgan fingerprint density at radius 1 is 1.11 bits per heavy atom. The Morgan fingerprint density at radius 2 is 1.77 bits per heavy atom. The Hall–Kier alpha value is -3.14. The highest BCUT2D eigenvalue weighted by molar-refractivity contribution is 5.94. The summed E-state index contributed by atoms with van der Waals surface area (Å²) in [6.45, 7) is 10.1. The molecule has 3 fully saturated rings. The van der Waals surface area contributed by atoms with Gasteiger partial charge < -0.3 is 49.5 Å². The summed E-state index contributed by atoms with van der Waals surface area (Å²) in [6.07, 6.45) is -8.51. The third-order valence-corrected chi connectivity index (χ3v) is 11.3. The van der Waals surface area contributed by atoms with Crippen LogP contribution in [0.3, 0.4) is 0 Å². The number of nitrogens with one attached hydrogen (secondary N) is 1. The van der Waals surface area contributed by atoms with Crippen molar-refractivity contribution in [2.75, 3.05) is 6.61 Å². The summed E-state index contributed by atoms with van der Waals surface area (Å²) in [7, 11) is 0. The normalized spacial score (nSPS) is 39.0. The molecule has 3 aliphatic carbocycles. The first kappa shape index (κ1) is 35.2. The van der Waals surface area contributed by atoms with Crippen LogP contribution < -0.4 is 5.32 Å². The van der Waals surface area contributed by atoms with Crippen LogP contribution in [0.5, 0.6) is 0 Å². The third kappa shape index (κ3) is 5.15. The second kappa shape index (κ2) is 11.8. The standard InChI is InChI=1S/C33H45NO13/c1-14(2)22(34-28(40)17-9-8-10-44-17)24(38)29(41)47-18-12-33(43)27(46-16(4)35)25-31(7,19(36)11-20-32(25,42)13-45-20)26(39)23(37)21(15(18)3)30(33,5)6/h8-10,14,18-20,22-25,27,36-38,42-43H,11-13H2,1-7H3,(H,34,40)/t18-,19-,20+,22-,23+,24+,25-,27-,31+,32-,33+/m0/s1. The number of furan rings is 1. The molecule has 2 heterocycles. The average molecular weight is 664 g/mol. The van der Waals surface area contributed by atoms with Crippen molar-refractivity contribution in [3.05, 3.63) is 35.3 Å². The number of carbonyl (C=O) groups is 4. The Kier molecular flexibility index (Phi) is 8.81. The van der Waals surface area contributed by atoms with E-state index in [1.54, 1.807) is 27.7 Å². The van der Waals surface area contributed by atoms with E-state index in [1.807, 2.05) is 0 Å². The molecule has 0 radical (unpaired) electrons. The molecule has 14 heteroatoms. The van der Waals surface area contributed by atoms with E-state index < -0.39 is 107 Å². The van der Waals surface area contributed by atoms with Crippen LogP contribution in [0.1, 0.15) is 71.9 Å². The quantitative estimate of drug-likeness (QED) is 0.169. The molecule has 0 aromatic carbocycles. The lowest BCUT2D eigenvalue weighted by Gasteiger charge is -2.66. The van der Waals surface area contributed by atoms with Gasteiger partial charge in [-0.15, -0.1) is 0 Å². The van der Waals surface area contributed by atoms with E-state index in [1.165, 1.54) is 32.2 Å². The van der Waals surface area contributed by atoms with Gasteiger partial charge in [0, 0.05) is 31.1 Å². The van der Waals surface area contributed by atoms with Crippen molar-refractivity contribution in [2.45, 2.75) is 115 Å². The van der Waals surface area contributed by atoms with E-state index in [9.17, 15) is 44.7 Å². The van der Waals surface area contributed by atoms with Crippen LogP contribution in [0.2, 0.25) is 0 Å². The van der Waals surface area contributed by atoms with E-state index in [2.05, 4.69) is 5.32 Å². The lowest BCUT2D eigenvalue weighted by atomic mass is 9.45. The highest BCUT2D eigenvalue weighted by atomic mass is 16.6. The maximum Gasteiger partial charge on any atom is 0.337 e. The number of fused-ring (bicyclic) bond motifs is 5. The molecule has 260 valence electrons. The summed E-state index contributed by atoms with van der Waals surface area (Å²) in [6, 6.07) is 1.79. The summed E-state index contributed by atoms with van der Waals surface area (Å²) in [5, 5.41) is 61.6. The summed E-state index contributed by atoms with van der Waals surface area (Å²) in [5.41, 5.74) is -7.28. The molecular weight excluding hydrogens is 618 g/mol. The van der Waals surface area contributed by atoms with Crippen molar-refractivity contribution >= 4 is 23.6 Å². The molecule has 5 rings (SSSR count). The number of ketones is 1. The predicted octanol–water partition coefficient (Wildman–Crippen LogP) is 0.177. The van der Waals surface area contributed by atoms with Crippen molar-refractivity contribution in [3.63, 3.8) is 0 Å². The van der Waals surface area contributed by atoms with Crippen LogP contribution in [0, 0.1) is 22.7 Å². The molecule has 2 saturated carbocycles. The number of esters is 2. The van der Waals surface area contributed by atoms with Gasteiger partial charge in [0.2, 0.25) is 0 Å². The maximum atomic E-state index is 14.3. The monoisotopic (exact) mass is 663 g/mol. The fraction of sp³-hybridized carbons (Fsp3) is 0.697. The Bertz CT molecular complexity index is 1470. The zero-order valence-electron chi connectivity index (χ0n) is 27.6. The Labute approximate surface area is 272 Å². The van der Waals surface area contributed by atoms with Crippen molar-refractivity contribution in [2.24, 2.45) is 22.7 Å². The number of rotatable bonds is 7. The van der Waals surface area contributed by atoms with Crippen LogP contribution >= 0.6 is 0 Å². The van der Waals surface area contributed by atoms with Gasteiger partial charge in [-0.2, -0.15) is 0 Å². The molecular formula is C33H45NO13. The van der Waals surface area contributed by atoms with Crippen LogP contribution in [-0.4, -0.2) is 110 Å². The first-order chi connectivity index (χ1) is 21.7. The van der Waals surface area contributed by atoms with Crippen LogP contribution in [0.15, 0.2) is 34.0 Å². The number of aliphatic hydroxyl groups excluding tert-OH is 3. The van der Waals surface area contributed by atoms with Gasteiger partial charge in [-0.1, -0.05) is 27.7 Å². The SMILES string of the molecule is CC(=O)O[C@H]1[C@@H]2[C@]3(O)CO[C@@H]3C[C@H](O)[C@@]2(C)C(=O)[C@H](O)C2=C(C)[C@@H](OC(=O)[C@H](O)[C@@H](NC(=O)c3ccco3)C(C)C)C[C@]1(O)C2(C)C. The highest BCUT2D eigenvalue weighted by Gasteiger charge is 2.76. The van der Waals surface area contributed by atoms with Crippen molar-refractivity contribution in [3.8, 4) is 0 Å². The average Bonchev–Trinajstić information content (AvgIpc) is 3.53.